The minimum absolute atomic E-state index is 0.0524. The van der Waals surface area contributed by atoms with Gasteiger partial charge < -0.3 is 9.15 Å². The topological polar surface area (TPSA) is 60.4 Å². The number of benzene rings is 1. The maximum Gasteiger partial charge on any atom is 0.134 e. The van der Waals surface area contributed by atoms with E-state index in [-0.39, 0.29) is 6.04 Å². The first-order valence-electron chi connectivity index (χ1n) is 6.93. The molecule has 1 aromatic heterocycles. The summed E-state index contributed by atoms with van der Waals surface area (Å²) in [7, 11) is 0. The number of hydrogen-bond donors (Lipinski definition) is 2. The average molecular weight is 260 g/mol. The Morgan fingerprint density at radius 3 is 3.00 bits per heavy atom. The zero-order valence-corrected chi connectivity index (χ0v) is 11.0. The van der Waals surface area contributed by atoms with Gasteiger partial charge in [0.25, 0.3) is 0 Å². The van der Waals surface area contributed by atoms with Crippen molar-refractivity contribution in [2.75, 3.05) is 6.61 Å². The molecule has 1 aromatic carbocycles. The van der Waals surface area contributed by atoms with Crippen molar-refractivity contribution in [2.45, 2.75) is 37.8 Å². The van der Waals surface area contributed by atoms with Crippen LogP contribution in [0.1, 0.15) is 37.5 Å². The Kier molecular flexibility index (Phi) is 3.82. The molecule has 0 bridgehead atoms. The first-order chi connectivity index (χ1) is 9.36. The Bertz CT molecular complexity index is 499. The summed E-state index contributed by atoms with van der Waals surface area (Å²) in [6.07, 6.45) is 4.68. The first kappa shape index (κ1) is 12.7. The largest absolute Gasteiger partial charge is 0.459 e. The Morgan fingerprint density at radius 2 is 2.26 bits per heavy atom. The molecule has 1 aliphatic rings. The monoisotopic (exact) mass is 260 g/mol. The van der Waals surface area contributed by atoms with E-state index in [0.717, 1.165) is 42.6 Å². The zero-order valence-electron chi connectivity index (χ0n) is 11.0. The van der Waals surface area contributed by atoms with Crippen LogP contribution in [0.25, 0.3) is 11.0 Å². The molecule has 1 saturated heterocycles. The van der Waals surface area contributed by atoms with Gasteiger partial charge >= 0.3 is 0 Å². The number of fused-ring (bicyclic) bond motifs is 1. The van der Waals surface area contributed by atoms with E-state index in [1.165, 1.54) is 6.42 Å². The molecule has 3 N–H and O–H groups in total. The standard InChI is InChI=1S/C15H20N2O2/c16-17-13(8-7-12-5-3-9-18-12)15-10-11-4-1-2-6-14(11)19-15/h1-2,4,6,10,12-13,17H,3,5,7-9,16H2. The number of hydrazine groups is 1. The van der Waals surface area contributed by atoms with Crippen LogP contribution in [0.15, 0.2) is 34.7 Å². The lowest BCUT2D eigenvalue weighted by atomic mass is 10.0. The highest BCUT2D eigenvalue weighted by molar-refractivity contribution is 5.77. The van der Waals surface area contributed by atoms with Gasteiger partial charge in [0, 0.05) is 12.0 Å². The fourth-order valence-corrected chi connectivity index (χ4v) is 2.71. The van der Waals surface area contributed by atoms with Gasteiger partial charge in [-0.2, -0.15) is 0 Å². The number of nitrogens with two attached hydrogens (primary N) is 1. The number of rotatable bonds is 5. The Balaban J connectivity index is 1.69. The van der Waals surface area contributed by atoms with Gasteiger partial charge in [-0.25, -0.2) is 5.43 Å². The van der Waals surface area contributed by atoms with Crippen molar-refractivity contribution < 1.29 is 9.15 Å². The average Bonchev–Trinajstić information content (AvgIpc) is 3.08. The summed E-state index contributed by atoms with van der Waals surface area (Å²) in [6, 6.07) is 10.1. The quantitative estimate of drug-likeness (QED) is 0.641. The Labute approximate surface area is 112 Å². The van der Waals surface area contributed by atoms with E-state index in [4.69, 9.17) is 15.0 Å². The van der Waals surface area contributed by atoms with Crippen LogP contribution >= 0.6 is 0 Å². The highest BCUT2D eigenvalue weighted by Crippen LogP contribution is 2.28. The van der Waals surface area contributed by atoms with Crippen LogP contribution in [-0.4, -0.2) is 12.7 Å². The van der Waals surface area contributed by atoms with Crippen LogP contribution in [0.5, 0.6) is 0 Å². The molecule has 1 aliphatic heterocycles. The van der Waals surface area contributed by atoms with Gasteiger partial charge in [0.05, 0.1) is 12.1 Å². The predicted molar refractivity (Wildman–Crippen MR) is 74.5 cm³/mol. The minimum atomic E-state index is 0.0524. The highest BCUT2D eigenvalue weighted by atomic mass is 16.5. The summed E-state index contributed by atoms with van der Waals surface area (Å²) in [6.45, 7) is 0.899. The maximum atomic E-state index is 5.85. The molecule has 0 amide bonds. The third-order valence-corrected chi connectivity index (χ3v) is 3.79. The molecule has 3 rings (SSSR count). The van der Waals surface area contributed by atoms with E-state index in [1.807, 2.05) is 18.2 Å². The third-order valence-electron chi connectivity index (χ3n) is 3.79. The fraction of sp³-hybridized carbons (Fsp3) is 0.467. The van der Waals surface area contributed by atoms with Gasteiger partial charge in [-0.3, -0.25) is 5.84 Å². The van der Waals surface area contributed by atoms with Crippen molar-refractivity contribution in [2.24, 2.45) is 5.84 Å². The van der Waals surface area contributed by atoms with E-state index < -0.39 is 0 Å². The SMILES string of the molecule is NNC(CCC1CCCO1)c1cc2ccccc2o1. The zero-order chi connectivity index (χ0) is 13.1. The van der Waals surface area contributed by atoms with E-state index in [0.29, 0.717) is 6.10 Å². The first-order valence-corrected chi connectivity index (χ1v) is 6.93. The molecular weight excluding hydrogens is 240 g/mol. The molecule has 19 heavy (non-hydrogen) atoms. The number of para-hydroxylation sites is 1. The number of nitrogens with one attached hydrogen (secondary N) is 1. The third kappa shape index (κ3) is 2.81. The normalized spacial score (nSPS) is 21.0. The molecule has 0 saturated carbocycles. The Hall–Kier alpha value is -1.36. The second-order valence-corrected chi connectivity index (χ2v) is 5.12. The second-order valence-electron chi connectivity index (χ2n) is 5.12. The highest BCUT2D eigenvalue weighted by Gasteiger charge is 2.20. The molecule has 2 aromatic rings. The van der Waals surface area contributed by atoms with E-state index >= 15 is 0 Å². The summed E-state index contributed by atoms with van der Waals surface area (Å²) in [5.41, 5.74) is 3.77. The van der Waals surface area contributed by atoms with Crippen molar-refractivity contribution in [1.82, 2.24) is 5.43 Å². The number of ether oxygens (including phenoxy) is 1. The van der Waals surface area contributed by atoms with Crippen molar-refractivity contribution >= 4 is 11.0 Å². The summed E-state index contributed by atoms with van der Waals surface area (Å²) in [4.78, 5) is 0. The molecule has 4 heteroatoms. The van der Waals surface area contributed by atoms with Crippen LogP contribution in [0.3, 0.4) is 0 Å². The molecule has 1 fully saturated rings. The van der Waals surface area contributed by atoms with Crippen LogP contribution < -0.4 is 11.3 Å². The Morgan fingerprint density at radius 1 is 1.37 bits per heavy atom. The smallest absolute Gasteiger partial charge is 0.134 e. The van der Waals surface area contributed by atoms with Gasteiger partial charge in [-0.15, -0.1) is 0 Å². The number of furan rings is 1. The number of hydrogen-bond acceptors (Lipinski definition) is 4. The summed E-state index contributed by atoms with van der Waals surface area (Å²) in [5, 5.41) is 1.12. The lowest BCUT2D eigenvalue weighted by Gasteiger charge is -2.15. The lowest BCUT2D eigenvalue weighted by molar-refractivity contribution is 0.0989. The molecule has 2 heterocycles. The van der Waals surface area contributed by atoms with E-state index in [2.05, 4.69) is 17.6 Å². The molecule has 102 valence electrons. The molecular formula is C15H20N2O2. The van der Waals surface area contributed by atoms with Crippen molar-refractivity contribution in [3.8, 4) is 0 Å². The molecule has 0 aliphatic carbocycles. The predicted octanol–water partition coefficient (Wildman–Crippen LogP) is 2.90. The minimum Gasteiger partial charge on any atom is -0.459 e. The lowest BCUT2D eigenvalue weighted by Crippen LogP contribution is -2.28. The van der Waals surface area contributed by atoms with E-state index in [9.17, 15) is 0 Å². The molecule has 0 spiro atoms. The van der Waals surface area contributed by atoms with Crippen molar-refractivity contribution in [3.05, 3.63) is 36.1 Å². The van der Waals surface area contributed by atoms with Crippen molar-refractivity contribution in [1.29, 1.82) is 0 Å². The van der Waals surface area contributed by atoms with Crippen LogP contribution in [0.4, 0.5) is 0 Å². The van der Waals surface area contributed by atoms with Crippen LogP contribution in [0.2, 0.25) is 0 Å². The van der Waals surface area contributed by atoms with Gasteiger partial charge in [0.2, 0.25) is 0 Å². The summed E-state index contributed by atoms with van der Waals surface area (Å²) >= 11 is 0. The summed E-state index contributed by atoms with van der Waals surface area (Å²) in [5.74, 6) is 6.56. The molecule has 0 radical (unpaired) electrons. The van der Waals surface area contributed by atoms with Gasteiger partial charge in [-0.05, 0) is 37.8 Å². The summed E-state index contributed by atoms with van der Waals surface area (Å²) < 4.78 is 11.5. The van der Waals surface area contributed by atoms with Crippen LogP contribution in [-0.2, 0) is 4.74 Å². The maximum absolute atomic E-state index is 5.85. The van der Waals surface area contributed by atoms with Crippen molar-refractivity contribution in [3.63, 3.8) is 0 Å². The van der Waals surface area contributed by atoms with Gasteiger partial charge in [-0.1, -0.05) is 18.2 Å². The fourth-order valence-electron chi connectivity index (χ4n) is 2.71. The van der Waals surface area contributed by atoms with Gasteiger partial charge in [0.1, 0.15) is 11.3 Å². The second kappa shape index (κ2) is 5.74. The molecule has 4 nitrogen and oxygen atoms in total. The van der Waals surface area contributed by atoms with Crippen LogP contribution in [0, 0.1) is 0 Å². The molecule has 2 atom stereocenters. The van der Waals surface area contributed by atoms with Gasteiger partial charge in [0.15, 0.2) is 0 Å². The molecule has 2 unspecified atom stereocenters. The van der Waals surface area contributed by atoms with E-state index in [1.54, 1.807) is 0 Å².